The van der Waals surface area contributed by atoms with Gasteiger partial charge in [0, 0.05) is 13.0 Å². The number of hydrogen-bond donors (Lipinski definition) is 1. The van der Waals surface area contributed by atoms with Crippen molar-refractivity contribution in [3.63, 3.8) is 0 Å². The zero-order valence-electron chi connectivity index (χ0n) is 16.3. The van der Waals surface area contributed by atoms with Gasteiger partial charge in [-0.3, -0.25) is 14.5 Å². The lowest BCUT2D eigenvalue weighted by molar-refractivity contribution is -0.122. The molecule has 156 valence electrons. The highest BCUT2D eigenvalue weighted by Gasteiger charge is 2.32. The van der Waals surface area contributed by atoms with E-state index in [1.165, 1.54) is 16.7 Å². The highest BCUT2D eigenvalue weighted by Crippen LogP contribution is 2.32. The molecule has 1 aliphatic heterocycles. The van der Waals surface area contributed by atoms with Gasteiger partial charge < -0.3 is 10.1 Å². The van der Waals surface area contributed by atoms with Gasteiger partial charge in [-0.2, -0.15) is 0 Å². The Kier molecular flexibility index (Phi) is 7.35. The maximum atomic E-state index is 12.6. The van der Waals surface area contributed by atoms with E-state index in [1.807, 2.05) is 30.3 Å². The fraction of sp³-hybridized carbons (Fsp3) is 0.250. The summed E-state index contributed by atoms with van der Waals surface area (Å²) in [5, 5.41) is 2.98. The summed E-state index contributed by atoms with van der Waals surface area (Å²) in [6.45, 7) is 3.83. The van der Waals surface area contributed by atoms with E-state index in [1.54, 1.807) is 19.9 Å². The third-order valence-electron chi connectivity index (χ3n) is 4.04. The van der Waals surface area contributed by atoms with Crippen molar-refractivity contribution < 1.29 is 19.1 Å². The largest absolute Gasteiger partial charge is 0.462 e. The van der Waals surface area contributed by atoms with Gasteiger partial charge >= 0.3 is 5.97 Å². The molecule has 3 rings (SSSR count). The van der Waals surface area contributed by atoms with Crippen molar-refractivity contribution in [1.82, 2.24) is 9.88 Å². The molecule has 0 spiro atoms. The normalized spacial score (nSPS) is 15.0. The van der Waals surface area contributed by atoms with Crippen LogP contribution in [0.5, 0.6) is 0 Å². The highest BCUT2D eigenvalue weighted by atomic mass is 32.2. The highest BCUT2D eigenvalue weighted by molar-refractivity contribution is 8.26. The number of amides is 2. The molecule has 0 saturated carbocycles. The molecule has 0 aliphatic carbocycles. The Bertz CT molecular complexity index is 1020. The van der Waals surface area contributed by atoms with Crippen molar-refractivity contribution in [2.75, 3.05) is 18.5 Å². The topological polar surface area (TPSA) is 88.6 Å². The first-order chi connectivity index (χ1) is 14.4. The van der Waals surface area contributed by atoms with Gasteiger partial charge in [-0.1, -0.05) is 65.6 Å². The zero-order chi connectivity index (χ0) is 21.7. The molecule has 1 saturated heterocycles. The Labute approximate surface area is 187 Å². The van der Waals surface area contributed by atoms with Gasteiger partial charge in [-0.25, -0.2) is 9.78 Å². The molecule has 2 aromatic rings. The van der Waals surface area contributed by atoms with Crippen LogP contribution >= 0.6 is 35.3 Å². The van der Waals surface area contributed by atoms with Gasteiger partial charge in [0.1, 0.15) is 9.20 Å². The van der Waals surface area contributed by atoms with E-state index in [0.717, 1.165) is 16.9 Å². The molecule has 2 heterocycles. The number of carbonyl (C=O) groups excluding carboxylic acids is 3. The number of thioether (sulfide) groups is 1. The molecule has 2 amide bonds. The summed E-state index contributed by atoms with van der Waals surface area (Å²) in [5.74, 6) is -0.993. The molecule has 1 aromatic carbocycles. The number of thiocarbonyl (C=S) groups is 1. The van der Waals surface area contributed by atoms with Crippen LogP contribution in [0.15, 0.2) is 35.2 Å². The number of hydrogen-bond acceptors (Lipinski definition) is 8. The predicted molar refractivity (Wildman–Crippen MR) is 122 cm³/mol. The summed E-state index contributed by atoms with van der Waals surface area (Å²) >= 11 is 7.58. The summed E-state index contributed by atoms with van der Waals surface area (Å²) in [4.78, 5) is 43.3. The second-order valence-corrected chi connectivity index (χ2v) is 8.87. The molecular weight excluding hydrogens is 442 g/mol. The van der Waals surface area contributed by atoms with E-state index < -0.39 is 5.97 Å². The van der Waals surface area contributed by atoms with Crippen molar-refractivity contribution in [3.8, 4) is 0 Å². The van der Waals surface area contributed by atoms with E-state index in [9.17, 15) is 14.4 Å². The van der Waals surface area contributed by atoms with Gasteiger partial charge in [0.2, 0.25) is 5.91 Å². The summed E-state index contributed by atoms with van der Waals surface area (Å²) in [6.07, 6.45) is 1.84. The van der Waals surface area contributed by atoms with Gasteiger partial charge in [0.05, 0.1) is 17.2 Å². The predicted octanol–water partition coefficient (Wildman–Crippen LogP) is 3.86. The van der Waals surface area contributed by atoms with Crippen LogP contribution in [-0.2, 0) is 14.3 Å². The lowest BCUT2D eigenvalue weighted by Gasteiger charge is -2.13. The molecule has 0 unspecified atom stereocenters. The maximum absolute atomic E-state index is 12.6. The van der Waals surface area contributed by atoms with Crippen LogP contribution in [0.1, 0.15) is 34.3 Å². The van der Waals surface area contributed by atoms with Gasteiger partial charge in [0.25, 0.3) is 5.91 Å². The van der Waals surface area contributed by atoms with E-state index in [4.69, 9.17) is 17.0 Å². The van der Waals surface area contributed by atoms with E-state index in [2.05, 4.69) is 10.3 Å². The molecule has 0 atom stereocenters. The van der Waals surface area contributed by atoms with Crippen LogP contribution in [0, 0.1) is 6.92 Å². The molecule has 30 heavy (non-hydrogen) atoms. The SMILES string of the molecule is CCOC(=O)c1sc(NC(=O)CCN2C(=O)/C(=C\c3ccccc3)SC2=S)nc1C. The average Bonchev–Trinajstić information content (AvgIpc) is 3.20. The van der Waals surface area contributed by atoms with Crippen LogP contribution < -0.4 is 5.32 Å². The van der Waals surface area contributed by atoms with Crippen molar-refractivity contribution in [1.29, 1.82) is 0 Å². The number of esters is 1. The molecule has 1 aliphatic rings. The third-order valence-corrected chi connectivity index (χ3v) is 6.47. The number of nitrogens with one attached hydrogen (secondary N) is 1. The smallest absolute Gasteiger partial charge is 0.350 e. The van der Waals surface area contributed by atoms with Crippen molar-refractivity contribution in [2.45, 2.75) is 20.3 Å². The zero-order valence-corrected chi connectivity index (χ0v) is 18.8. The van der Waals surface area contributed by atoms with Gasteiger partial charge in [-0.05, 0) is 25.5 Å². The lowest BCUT2D eigenvalue weighted by Crippen LogP contribution is -2.31. The van der Waals surface area contributed by atoms with Crippen molar-refractivity contribution in [3.05, 3.63) is 51.4 Å². The Morgan fingerprint density at radius 2 is 2.03 bits per heavy atom. The third kappa shape index (κ3) is 5.32. The number of anilines is 1. The maximum Gasteiger partial charge on any atom is 0.350 e. The second-order valence-electron chi connectivity index (χ2n) is 6.20. The second kappa shape index (κ2) is 9.96. The first kappa shape index (κ1) is 22.1. The summed E-state index contributed by atoms with van der Waals surface area (Å²) in [5.41, 5.74) is 1.41. The summed E-state index contributed by atoms with van der Waals surface area (Å²) < 4.78 is 5.39. The number of aryl methyl sites for hydroxylation is 1. The van der Waals surface area contributed by atoms with E-state index in [0.29, 0.717) is 24.9 Å². The number of aromatic nitrogens is 1. The molecule has 1 aromatic heterocycles. The Balaban J connectivity index is 1.58. The van der Waals surface area contributed by atoms with Crippen LogP contribution in [0.25, 0.3) is 6.08 Å². The number of ether oxygens (including phenoxy) is 1. The van der Waals surface area contributed by atoms with Crippen molar-refractivity contribution >= 4 is 68.6 Å². The van der Waals surface area contributed by atoms with Crippen LogP contribution in [0.2, 0.25) is 0 Å². The van der Waals surface area contributed by atoms with Crippen molar-refractivity contribution in [2.24, 2.45) is 0 Å². The number of nitrogens with zero attached hydrogens (tertiary/aromatic N) is 2. The molecule has 1 N–H and O–H groups in total. The molecular formula is C20H19N3O4S3. The number of rotatable bonds is 7. The monoisotopic (exact) mass is 461 g/mol. The summed E-state index contributed by atoms with van der Waals surface area (Å²) in [6, 6.07) is 9.50. The van der Waals surface area contributed by atoms with Gasteiger partial charge in [-0.15, -0.1) is 0 Å². The summed E-state index contributed by atoms with van der Waals surface area (Å²) in [7, 11) is 0. The van der Waals surface area contributed by atoms with Crippen LogP contribution in [-0.4, -0.2) is 45.1 Å². The number of benzene rings is 1. The standard InChI is InChI=1S/C20H19N3O4S3/c1-3-27-18(26)16-12(2)21-19(30-16)22-15(24)9-10-23-17(25)14(29-20(23)28)11-13-7-5-4-6-8-13/h4-8,11H,3,9-10H2,1-2H3,(H,21,22,24)/b14-11+. The number of thiazole rings is 1. The Hall–Kier alpha value is -2.56. The fourth-order valence-electron chi connectivity index (χ4n) is 2.62. The Morgan fingerprint density at radius 1 is 1.30 bits per heavy atom. The quantitative estimate of drug-likeness (QED) is 0.380. The van der Waals surface area contributed by atoms with E-state index >= 15 is 0 Å². The van der Waals surface area contributed by atoms with Crippen LogP contribution in [0.4, 0.5) is 5.13 Å². The van der Waals surface area contributed by atoms with Gasteiger partial charge in [0.15, 0.2) is 5.13 Å². The first-order valence-corrected chi connectivity index (χ1v) is 11.2. The lowest BCUT2D eigenvalue weighted by atomic mass is 10.2. The molecule has 7 nitrogen and oxygen atoms in total. The molecule has 10 heteroatoms. The minimum absolute atomic E-state index is 0.0540. The fourth-order valence-corrected chi connectivity index (χ4v) is 4.81. The van der Waals surface area contributed by atoms with E-state index in [-0.39, 0.29) is 31.4 Å². The number of carbonyl (C=O) groups is 3. The molecule has 0 radical (unpaired) electrons. The molecule has 0 bridgehead atoms. The minimum Gasteiger partial charge on any atom is -0.462 e. The first-order valence-electron chi connectivity index (χ1n) is 9.14. The molecule has 1 fully saturated rings. The van der Waals surface area contributed by atoms with Crippen LogP contribution in [0.3, 0.4) is 0 Å². The minimum atomic E-state index is -0.462. The average molecular weight is 462 g/mol. The Morgan fingerprint density at radius 3 is 2.73 bits per heavy atom.